The Hall–Kier alpha value is -0.970. The Labute approximate surface area is 60.2 Å². The highest BCUT2D eigenvalue weighted by atomic mass is 16.4. The smallest absolute Gasteiger partial charge is 0.381 e. The Bertz CT molecular complexity index is 179. The standard InChI is InChI=1S/C8H10O2/c9-8(10)6-5-7-3-1-2-4-7/h7H,1-4H2,(H,9,10). The highest BCUT2D eigenvalue weighted by Crippen LogP contribution is 2.23. The van der Waals surface area contributed by atoms with Gasteiger partial charge >= 0.3 is 5.97 Å². The van der Waals surface area contributed by atoms with Crippen LogP contribution in [0.1, 0.15) is 25.7 Å². The molecule has 0 spiro atoms. The Morgan fingerprint density at radius 1 is 1.40 bits per heavy atom. The molecule has 0 aromatic carbocycles. The molecule has 1 aliphatic carbocycles. The summed E-state index contributed by atoms with van der Waals surface area (Å²) in [5.41, 5.74) is 0. The van der Waals surface area contributed by atoms with Crippen molar-refractivity contribution >= 4 is 5.97 Å². The number of carboxylic acid groups (broad SMARTS) is 1. The lowest BCUT2D eigenvalue weighted by molar-refractivity contribution is -0.130. The third kappa shape index (κ3) is 2.10. The largest absolute Gasteiger partial charge is 0.472 e. The van der Waals surface area contributed by atoms with Crippen LogP contribution in [0.3, 0.4) is 0 Å². The lowest BCUT2D eigenvalue weighted by Crippen LogP contribution is -1.91. The molecule has 1 aliphatic rings. The minimum absolute atomic E-state index is 0.357. The molecule has 1 rings (SSSR count). The molecule has 0 heterocycles. The molecule has 0 atom stereocenters. The maximum absolute atomic E-state index is 9.98. The Morgan fingerprint density at radius 2 is 2.00 bits per heavy atom. The number of hydrogen-bond donors (Lipinski definition) is 1. The molecular weight excluding hydrogens is 128 g/mol. The molecule has 10 heavy (non-hydrogen) atoms. The zero-order valence-corrected chi connectivity index (χ0v) is 5.76. The van der Waals surface area contributed by atoms with E-state index in [4.69, 9.17) is 5.11 Å². The van der Waals surface area contributed by atoms with Gasteiger partial charge in [-0.25, -0.2) is 4.79 Å². The SMILES string of the molecule is O=C(O)C#CC1CCCC1. The Morgan fingerprint density at radius 3 is 2.50 bits per heavy atom. The minimum atomic E-state index is -1.01. The van der Waals surface area contributed by atoms with Crippen molar-refractivity contribution in [1.82, 2.24) is 0 Å². The molecule has 1 saturated carbocycles. The van der Waals surface area contributed by atoms with Crippen LogP contribution in [-0.4, -0.2) is 11.1 Å². The zero-order valence-electron chi connectivity index (χ0n) is 5.76. The van der Waals surface area contributed by atoms with Gasteiger partial charge < -0.3 is 5.11 Å². The van der Waals surface area contributed by atoms with Crippen LogP contribution >= 0.6 is 0 Å². The summed E-state index contributed by atoms with van der Waals surface area (Å²) in [6, 6.07) is 0. The second-order valence-corrected chi connectivity index (χ2v) is 2.56. The fraction of sp³-hybridized carbons (Fsp3) is 0.625. The van der Waals surface area contributed by atoms with Gasteiger partial charge in [0, 0.05) is 11.8 Å². The summed E-state index contributed by atoms with van der Waals surface area (Å²) in [4.78, 5) is 9.98. The first-order valence-corrected chi connectivity index (χ1v) is 3.53. The van der Waals surface area contributed by atoms with Crippen LogP contribution < -0.4 is 0 Å². The Balaban J connectivity index is 2.38. The molecule has 0 aromatic heterocycles. The van der Waals surface area contributed by atoms with Crippen molar-refractivity contribution < 1.29 is 9.90 Å². The van der Waals surface area contributed by atoms with E-state index in [1.54, 1.807) is 0 Å². The van der Waals surface area contributed by atoms with Crippen molar-refractivity contribution in [2.75, 3.05) is 0 Å². The Kier molecular flexibility index (Phi) is 2.33. The molecule has 0 amide bonds. The predicted octanol–water partition coefficient (Wildman–Crippen LogP) is 1.26. The van der Waals surface area contributed by atoms with Gasteiger partial charge in [-0.3, -0.25) is 0 Å². The molecule has 1 N–H and O–H groups in total. The van der Waals surface area contributed by atoms with Gasteiger partial charge in [-0.1, -0.05) is 18.8 Å². The van der Waals surface area contributed by atoms with Crippen molar-refractivity contribution in [2.24, 2.45) is 5.92 Å². The summed E-state index contributed by atoms with van der Waals surface area (Å²) in [7, 11) is 0. The van der Waals surface area contributed by atoms with E-state index in [2.05, 4.69) is 11.8 Å². The van der Waals surface area contributed by atoms with Crippen molar-refractivity contribution in [3.63, 3.8) is 0 Å². The van der Waals surface area contributed by atoms with Crippen LogP contribution in [0.4, 0.5) is 0 Å². The van der Waals surface area contributed by atoms with Crippen molar-refractivity contribution in [3.8, 4) is 11.8 Å². The van der Waals surface area contributed by atoms with Gasteiger partial charge in [-0.2, -0.15) is 0 Å². The van der Waals surface area contributed by atoms with Gasteiger partial charge in [0.05, 0.1) is 0 Å². The summed E-state index contributed by atoms with van der Waals surface area (Å²) < 4.78 is 0. The summed E-state index contributed by atoms with van der Waals surface area (Å²) in [5, 5.41) is 8.20. The summed E-state index contributed by atoms with van der Waals surface area (Å²) >= 11 is 0. The normalized spacial score (nSPS) is 18.0. The molecule has 0 aliphatic heterocycles. The third-order valence-corrected chi connectivity index (χ3v) is 1.74. The fourth-order valence-electron chi connectivity index (χ4n) is 1.23. The summed E-state index contributed by atoms with van der Waals surface area (Å²) in [6.07, 6.45) is 4.58. The lowest BCUT2D eigenvalue weighted by Gasteiger charge is -1.92. The monoisotopic (exact) mass is 138 g/mol. The van der Waals surface area contributed by atoms with E-state index in [-0.39, 0.29) is 0 Å². The van der Waals surface area contributed by atoms with E-state index >= 15 is 0 Å². The predicted molar refractivity (Wildman–Crippen MR) is 37.4 cm³/mol. The molecule has 0 saturated heterocycles. The maximum Gasteiger partial charge on any atom is 0.381 e. The quantitative estimate of drug-likeness (QED) is 0.512. The van der Waals surface area contributed by atoms with Crippen LogP contribution in [-0.2, 0) is 4.79 Å². The molecular formula is C8H10O2. The van der Waals surface area contributed by atoms with Gasteiger partial charge in [0.15, 0.2) is 0 Å². The fourth-order valence-corrected chi connectivity index (χ4v) is 1.23. The number of rotatable bonds is 0. The van der Waals surface area contributed by atoms with Crippen LogP contribution in [0, 0.1) is 17.8 Å². The van der Waals surface area contributed by atoms with Crippen LogP contribution in [0.25, 0.3) is 0 Å². The molecule has 0 bridgehead atoms. The van der Waals surface area contributed by atoms with Crippen LogP contribution in [0.15, 0.2) is 0 Å². The summed E-state index contributed by atoms with van der Waals surface area (Å²) in [5.74, 6) is 4.24. The topological polar surface area (TPSA) is 37.3 Å². The number of aliphatic carboxylic acids is 1. The molecule has 1 fully saturated rings. The van der Waals surface area contributed by atoms with Crippen molar-refractivity contribution in [3.05, 3.63) is 0 Å². The highest BCUT2D eigenvalue weighted by Gasteiger charge is 2.11. The van der Waals surface area contributed by atoms with Gasteiger partial charge in [0.2, 0.25) is 0 Å². The van der Waals surface area contributed by atoms with Crippen molar-refractivity contribution in [2.45, 2.75) is 25.7 Å². The van der Waals surface area contributed by atoms with Crippen molar-refractivity contribution in [1.29, 1.82) is 0 Å². The zero-order chi connectivity index (χ0) is 7.40. The maximum atomic E-state index is 9.98. The lowest BCUT2D eigenvalue weighted by atomic mass is 10.1. The highest BCUT2D eigenvalue weighted by molar-refractivity contribution is 5.86. The first kappa shape index (κ1) is 7.14. The van der Waals surface area contributed by atoms with E-state index < -0.39 is 5.97 Å². The van der Waals surface area contributed by atoms with E-state index in [1.807, 2.05) is 0 Å². The van der Waals surface area contributed by atoms with E-state index in [1.165, 1.54) is 12.8 Å². The first-order valence-electron chi connectivity index (χ1n) is 3.53. The minimum Gasteiger partial charge on any atom is -0.472 e. The van der Waals surface area contributed by atoms with E-state index in [9.17, 15) is 4.79 Å². The first-order chi connectivity index (χ1) is 4.79. The second kappa shape index (κ2) is 3.26. The van der Waals surface area contributed by atoms with Crippen LogP contribution in [0.2, 0.25) is 0 Å². The average Bonchev–Trinajstić information content (AvgIpc) is 2.34. The molecule has 0 aromatic rings. The number of carbonyl (C=O) groups is 1. The number of carboxylic acids is 1. The van der Waals surface area contributed by atoms with Gasteiger partial charge in [-0.05, 0) is 12.8 Å². The van der Waals surface area contributed by atoms with Crippen LogP contribution in [0.5, 0.6) is 0 Å². The number of hydrogen-bond acceptors (Lipinski definition) is 1. The van der Waals surface area contributed by atoms with Gasteiger partial charge in [-0.15, -0.1) is 0 Å². The molecule has 54 valence electrons. The third-order valence-electron chi connectivity index (χ3n) is 1.74. The molecule has 0 unspecified atom stereocenters. The molecule has 2 heteroatoms. The average molecular weight is 138 g/mol. The van der Waals surface area contributed by atoms with Gasteiger partial charge in [0.1, 0.15) is 0 Å². The molecule has 0 radical (unpaired) electrons. The summed E-state index contributed by atoms with van der Waals surface area (Å²) in [6.45, 7) is 0. The van der Waals surface area contributed by atoms with Gasteiger partial charge in [0.25, 0.3) is 0 Å². The molecule has 2 nitrogen and oxygen atoms in total. The van der Waals surface area contributed by atoms with E-state index in [0.717, 1.165) is 12.8 Å². The van der Waals surface area contributed by atoms with E-state index in [0.29, 0.717) is 5.92 Å². The second-order valence-electron chi connectivity index (χ2n) is 2.56.